The lowest BCUT2D eigenvalue weighted by molar-refractivity contribution is -0.119. The molecule has 1 aromatic rings. The van der Waals surface area contributed by atoms with Crippen molar-refractivity contribution in [2.45, 2.75) is 32.1 Å². The topological polar surface area (TPSA) is 78.8 Å². The van der Waals surface area contributed by atoms with E-state index in [2.05, 4.69) is 10.5 Å². The van der Waals surface area contributed by atoms with Crippen LogP contribution in [-0.2, 0) is 14.8 Å². The Balaban J connectivity index is 2.14. The molecule has 0 spiro atoms. The van der Waals surface area contributed by atoms with E-state index in [0.29, 0.717) is 5.02 Å². The van der Waals surface area contributed by atoms with Crippen LogP contribution >= 0.6 is 23.2 Å². The van der Waals surface area contributed by atoms with Crippen LogP contribution in [0.4, 0.5) is 5.69 Å². The minimum Gasteiger partial charge on any atom is -0.271 e. The normalized spacial score (nSPS) is 15.0. The molecule has 1 fully saturated rings. The zero-order valence-corrected chi connectivity index (χ0v) is 15.6. The highest BCUT2D eigenvalue weighted by atomic mass is 35.5. The molecule has 132 valence electrons. The second kappa shape index (κ2) is 8.18. The van der Waals surface area contributed by atoms with E-state index in [4.69, 9.17) is 23.2 Å². The van der Waals surface area contributed by atoms with E-state index in [9.17, 15) is 13.2 Å². The fourth-order valence-electron chi connectivity index (χ4n) is 2.44. The predicted octanol–water partition coefficient (Wildman–Crippen LogP) is 3.20. The quantitative estimate of drug-likeness (QED) is 0.782. The first kappa shape index (κ1) is 19.0. The Labute approximate surface area is 151 Å². The summed E-state index contributed by atoms with van der Waals surface area (Å²) in [4.78, 5) is 12.1. The highest BCUT2D eigenvalue weighted by Gasteiger charge is 2.23. The predicted molar refractivity (Wildman–Crippen MR) is 97.3 cm³/mol. The summed E-state index contributed by atoms with van der Waals surface area (Å²) in [6, 6.07) is 4.44. The molecule has 1 amide bonds. The van der Waals surface area contributed by atoms with E-state index in [1.165, 1.54) is 18.6 Å². The number of rotatable bonds is 5. The van der Waals surface area contributed by atoms with E-state index >= 15 is 0 Å². The van der Waals surface area contributed by atoms with Crippen LogP contribution in [-0.4, -0.2) is 32.8 Å². The lowest BCUT2D eigenvalue weighted by Crippen LogP contribution is -2.39. The number of carbonyl (C=O) groups excluding carboxylic acids is 1. The highest BCUT2D eigenvalue weighted by Crippen LogP contribution is 2.30. The first-order valence-corrected chi connectivity index (χ1v) is 10.1. The Hall–Kier alpha value is -1.31. The molecule has 0 bridgehead atoms. The van der Waals surface area contributed by atoms with E-state index in [-0.39, 0.29) is 10.7 Å². The highest BCUT2D eigenvalue weighted by molar-refractivity contribution is 7.92. The third kappa shape index (κ3) is 5.36. The number of halogens is 2. The molecular formula is C15H19Cl2N3O3S. The van der Waals surface area contributed by atoms with Crippen LogP contribution in [0, 0.1) is 0 Å². The minimum absolute atomic E-state index is 0.159. The Bertz CT molecular complexity index is 742. The molecule has 1 saturated carbocycles. The molecule has 0 saturated heterocycles. The molecule has 0 aliphatic heterocycles. The summed E-state index contributed by atoms with van der Waals surface area (Å²) in [6.45, 7) is -0.421. The van der Waals surface area contributed by atoms with Crippen LogP contribution in [0.3, 0.4) is 0 Å². The molecule has 6 nitrogen and oxygen atoms in total. The summed E-state index contributed by atoms with van der Waals surface area (Å²) >= 11 is 12.0. The number of carbonyl (C=O) groups is 1. The number of amides is 1. The second-order valence-corrected chi connectivity index (χ2v) is 8.39. The van der Waals surface area contributed by atoms with Crippen LogP contribution in [0.1, 0.15) is 32.1 Å². The molecule has 0 atom stereocenters. The number of hydrogen-bond donors (Lipinski definition) is 1. The van der Waals surface area contributed by atoms with E-state index in [0.717, 1.165) is 42.0 Å². The Morgan fingerprint density at radius 2 is 1.92 bits per heavy atom. The smallest absolute Gasteiger partial charge is 0.260 e. The van der Waals surface area contributed by atoms with Gasteiger partial charge in [-0.05, 0) is 43.9 Å². The average Bonchev–Trinajstić information content (AvgIpc) is 2.53. The molecular weight excluding hydrogens is 373 g/mol. The molecule has 0 unspecified atom stereocenters. The van der Waals surface area contributed by atoms with Crippen LogP contribution in [0.2, 0.25) is 10.0 Å². The van der Waals surface area contributed by atoms with Gasteiger partial charge in [0, 0.05) is 10.7 Å². The fraction of sp³-hybridized carbons (Fsp3) is 0.467. The maximum absolute atomic E-state index is 12.1. The number of nitrogens with zero attached hydrogens (tertiary/aromatic N) is 2. The standard InChI is InChI=1S/C15H19Cl2N3O3S/c1-24(22,23)20(14-9-11(16)7-8-13(14)17)10-15(21)19-18-12-5-3-2-4-6-12/h7-9H,2-6,10H2,1H3,(H,19,21). The summed E-state index contributed by atoms with van der Waals surface area (Å²) in [5.41, 5.74) is 3.52. The van der Waals surface area contributed by atoms with Gasteiger partial charge in [-0.3, -0.25) is 9.10 Å². The van der Waals surface area contributed by atoms with E-state index < -0.39 is 22.5 Å². The van der Waals surface area contributed by atoms with Gasteiger partial charge in [0.1, 0.15) is 6.54 Å². The monoisotopic (exact) mass is 391 g/mol. The Morgan fingerprint density at radius 1 is 1.25 bits per heavy atom. The van der Waals surface area contributed by atoms with Crippen molar-refractivity contribution in [1.82, 2.24) is 5.43 Å². The number of hydrogen-bond acceptors (Lipinski definition) is 4. The van der Waals surface area contributed by atoms with Gasteiger partial charge >= 0.3 is 0 Å². The van der Waals surface area contributed by atoms with Crippen molar-refractivity contribution >= 4 is 50.5 Å². The second-order valence-electron chi connectivity index (χ2n) is 5.64. The third-order valence-corrected chi connectivity index (χ3v) is 5.32. The van der Waals surface area contributed by atoms with Gasteiger partial charge in [0.05, 0.1) is 17.0 Å². The zero-order chi connectivity index (χ0) is 17.7. The summed E-state index contributed by atoms with van der Waals surface area (Å²) in [6.07, 6.45) is 6.00. The van der Waals surface area contributed by atoms with Crippen molar-refractivity contribution in [3.8, 4) is 0 Å². The molecule has 0 radical (unpaired) electrons. The molecule has 1 aromatic carbocycles. The minimum atomic E-state index is -3.71. The van der Waals surface area contributed by atoms with Crippen LogP contribution < -0.4 is 9.73 Å². The first-order valence-electron chi connectivity index (χ1n) is 7.54. The van der Waals surface area contributed by atoms with Crippen molar-refractivity contribution in [2.75, 3.05) is 17.1 Å². The van der Waals surface area contributed by atoms with Crippen LogP contribution in [0.15, 0.2) is 23.3 Å². The number of nitrogens with one attached hydrogen (secondary N) is 1. The van der Waals surface area contributed by atoms with Crippen LogP contribution in [0.25, 0.3) is 0 Å². The van der Waals surface area contributed by atoms with Crippen molar-refractivity contribution in [3.63, 3.8) is 0 Å². The maximum Gasteiger partial charge on any atom is 0.260 e. The van der Waals surface area contributed by atoms with Crippen molar-refractivity contribution in [2.24, 2.45) is 5.10 Å². The average molecular weight is 392 g/mol. The van der Waals surface area contributed by atoms with Gasteiger partial charge in [-0.2, -0.15) is 5.10 Å². The molecule has 1 aliphatic carbocycles. The molecule has 0 aromatic heterocycles. The SMILES string of the molecule is CS(=O)(=O)N(CC(=O)NN=C1CCCCC1)c1cc(Cl)ccc1Cl. The lowest BCUT2D eigenvalue weighted by Gasteiger charge is -2.22. The number of hydrazone groups is 1. The number of sulfonamides is 1. The van der Waals surface area contributed by atoms with E-state index in [1.807, 2.05) is 0 Å². The van der Waals surface area contributed by atoms with Gasteiger partial charge < -0.3 is 0 Å². The van der Waals surface area contributed by atoms with Gasteiger partial charge in [-0.1, -0.05) is 29.6 Å². The maximum atomic E-state index is 12.1. The van der Waals surface area contributed by atoms with Gasteiger partial charge in [0.2, 0.25) is 10.0 Å². The number of benzene rings is 1. The summed E-state index contributed by atoms with van der Waals surface area (Å²) in [5.74, 6) is -0.533. The van der Waals surface area contributed by atoms with Crippen molar-refractivity contribution < 1.29 is 13.2 Å². The number of anilines is 1. The Morgan fingerprint density at radius 3 is 2.54 bits per heavy atom. The molecule has 2 rings (SSSR count). The van der Waals surface area contributed by atoms with Crippen molar-refractivity contribution in [1.29, 1.82) is 0 Å². The summed E-state index contributed by atoms with van der Waals surface area (Å²) in [7, 11) is -3.71. The van der Waals surface area contributed by atoms with Crippen molar-refractivity contribution in [3.05, 3.63) is 28.2 Å². The lowest BCUT2D eigenvalue weighted by atomic mass is 9.99. The third-order valence-electron chi connectivity index (χ3n) is 3.63. The molecule has 1 N–H and O–H groups in total. The largest absolute Gasteiger partial charge is 0.271 e. The van der Waals surface area contributed by atoms with Gasteiger partial charge in [-0.15, -0.1) is 0 Å². The fourth-order valence-corrected chi connectivity index (χ4v) is 3.73. The summed E-state index contributed by atoms with van der Waals surface area (Å²) < 4.78 is 25.0. The summed E-state index contributed by atoms with van der Waals surface area (Å²) in [5, 5.41) is 4.60. The van der Waals surface area contributed by atoms with Gasteiger partial charge in [0.25, 0.3) is 5.91 Å². The van der Waals surface area contributed by atoms with Crippen LogP contribution in [0.5, 0.6) is 0 Å². The molecule has 0 heterocycles. The molecule has 24 heavy (non-hydrogen) atoms. The van der Waals surface area contributed by atoms with Gasteiger partial charge in [-0.25, -0.2) is 13.8 Å². The molecule has 1 aliphatic rings. The first-order chi connectivity index (χ1) is 11.3. The Kier molecular flexibility index (Phi) is 6.48. The molecule has 9 heteroatoms. The van der Waals surface area contributed by atoms with Gasteiger partial charge in [0.15, 0.2) is 0 Å². The van der Waals surface area contributed by atoms with E-state index in [1.54, 1.807) is 6.07 Å². The zero-order valence-electron chi connectivity index (χ0n) is 13.3.